The van der Waals surface area contributed by atoms with Gasteiger partial charge in [-0.15, -0.1) is 0 Å². The number of carbonyl (C=O) groups is 1. The van der Waals surface area contributed by atoms with Crippen molar-refractivity contribution in [2.75, 3.05) is 11.8 Å². The smallest absolute Gasteiger partial charge is 0.262 e. The molecular formula is C28H34N2O4S. The average Bonchev–Trinajstić information content (AvgIpc) is 2.78. The zero-order chi connectivity index (χ0) is 25.9. The molecule has 0 aliphatic carbocycles. The highest BCUT2D eigenvalue weighted by atomic mass is 32.2. The van der Waals surface area contributed by atoms with Gasteiger partial charge < -0.3 is 10.1 Å². The second-order valence-corrected chi connectivity index (χ2v) is 10.9. The lowest BCUT2D eigenvalue weighted by atomic mass is 9.93. The van der Waals surface area contributed by atoms with Gasteiger partial charge >= 0.3 is 0 Å². The van der Waals surface area contributed by atoms with Crippen LogP contribution in [0.4, 0.5) is 5.69 Å². The van der Waals surface area contributed by atoms with Gasteiger partial charge in [-0.25, -0.2) is 8.42 Å². The van der Waals surface area contributed by atoms with Crippen LogP contribution in [0.1, 0.15) is 70.9 Å². The Morgan fingerprint density at radius 1 is 0.886 bits per heavy atom. The molecule has 3 aromatic carbocycles. The Kier molecular flexibility index (Phi) is 7.90. The number of rotatable bonds is 8. The summed E-state index contributed by atoms with van der Waals surface area (Å²) in [5.41, 5.74) is 5.32. The van der Waals surface area contributed by atoms with Gasteiger partial charge in [0.05, 0.1) is 18.0 Å². The zero-order valence-electron chi connectivity index (χ0n) is 21.4. The maximum Gasteiger partial charge on any atom is 0.262 e. The molecule has 7 heteroatoms. The third-order valence-corrected chi connectivity index (χ3v) is 7.59. The van der Waals surface area contributed by atoms with Gasteiger partial charge in [0, 0.05) is 11.3 Å². The molecule has 0 radical (unpaired) electrons. The molecule has 2 N–H and O–H groups in total. The third kappa shape index (κ3) is 6.03. The number of benzene rings is 3. The summed E-state index contributed by atoms with van der Waals surface area (Å²) in [6, 6.07) is 15.6. The third-order valence-electron chi connectivity index (χ3n) is 6.06. The Bertz CT molecular complexity index is 1350. The molecule has 35 heavy (non-hydrogen) atoms. The first-order chi connectivity index (χ1) is 16.4. The lowest BCUT2D eigenvalue weighted by molar-refractivity contribution is 0.0939. The molecule has 0 fully saturated rings. The Morgan fingerprint density at radius 3 is 2.23 bits per heavy atom. The number of aryl methyl sites for hydroxylation is 3. The molecule has 0 spiro atoms. The van der Waals surface area contributed by atoms with Crippen molar-refractivity contribution in [2.24, 2.45) is 0 Å². The molecule has 1 atom stereocenters. The number of sulfonamides is 1. The van der Waals surface area contributed by atoms with Crippen molar-refractivity contribution in [3.8, 4) is 5.75 Å². The second kappa shape index (κ2) is 10.5. The largest absolute Gasteiger partial charge is 0.496 e. The minimum absolute atomic E-state index is 0.0713. The first kappa shape index (κ1) is 26.3. The monoisotopic (exact) mass is 494 g/mol. The van der Waals surface area contributed by atoms with Crippen LogP contribution in [0, 0.1) is 20.8 Å². The predicted molar refractivity (Wildman–Crippen MR) is 141 cm³/mol. The maximum absolute atomic E-state index is 13.1. The van der Waals surface area contributed by atoms with Crippen molar-refractivity contribution in [2.45, 2.75) is 58.4 Å². The van der Waals surface area contributed by atoms with Crippen LogP contribution in [-0.4, -0.2) is 21.4 Å². The van der Waals surface area contributed by atoms with E-state index in [4.69, 9.17) is 4.74 Å². The van der Waals surface area contributed by atoms with E-state index in [1.807, 2.05) is 32.9 Å². The van der Waals surface area contributed by atoms with E-state index in [9.17, 15) is 13.2 Å². The lowest BCUT2D eigenvalue weighted by Gasteiger charge is -2.21. The lowest BCUT2D eigenvalue weighted by Crippen LogP contribution is -2.27. The number of methoxy groups -OCH3 is 1. The van der Waals surface area contributed by atoms with Crippen molar-refractivity contribution >= 4 is 21.6 Å². The molecule has 0 aromatic heterocycles. The highest BCUT2D eigenvalue weighted by Gasteiger charge is 2.21. The molecular weight excluding hydrogens is 460 g/mol. The van der Waals surface area contributed by atoms with Crippen molar-refractivity contribution in [1.29, 1.82) is 0 Å². The van der Waals surface area contributed by atoms with Gasteiger partial charge in [-0.05, 0) is 97.8 Å². The van der Waals surface area contributed by atoms with Crippen LogP contribution in [0.25, 0.3) is 0 Å². The van der Waals surface area contributed by atoms with Gasteiger partial charge in [-0.1, -0.05) is 32.0 Å². The molecule has 186 valence electrons. The summed E-state index contributed by atoms with van der Waals surface area (Å²) in [4.78, 5) is 13.2. The molecule has 1 amide bonds. The highest BCUT2D eigenvalue weighted by Crippen LogP contribution is 2.32. The molecule has 0 aliphatic rings. The number of ether oxygens (including phenoxy) is 1. The van der Waals surface area contributed by atoms with Crippen LogP contribution in [-0.2, 0) is 10.0 Å². The molecule has 0 aliphatic heterocycles. The fraction of sp³-hybridized carbons (Fsp3) is 0.321. The summed E-state index contributed by atoms with van der Waals surface area (Å²) in [6.45, 7) is 11.7. The van der Waals surface area contributed by atoms with Crippen LogP contribution >= 0.6 is 0 Å². The van der Waals surface area contributed by atoms with Crippen LogP contribution in [0.5, 0.6) is 5.75 Å². The predicted octanol–water partition coefficient (Wildman–Crippen LogP) is 6.04. The second-order valence-electron chi connectivity index (χ2n) is 9.26. The molecule has 6 nitrogen and oxygen atoms in total. The van der Waals surface area contributed by atoms with Gasteiger partial charge in [-0.2, -0.15) is 0 Å². The number of hydrogen-bond acceptors (Lipinski definition) is 4. The molecule has 0 bridgehead atoms. The van der Waals surface area contributed by atoms with E-state index in [1.165, 1.54) is 6.07 Å². The molecule has 0 heterocycles. The Hall–Kier alpha value is -3.32. The first-order valence-electron chi connectivity index (χ1n) is 11.6. The van der Waals surface area contributed by atoms with Crippen molar-refractivity contribution in [3.05, 3.63) is 88.0 Å². The minimum atomic E-state index is -3.87. The molecule has 0 saturated heterocycles. The van der Waals surface area contributed by atoms with Gasteiger partial charge in [-0.3, -0.25) is 9.52 Å². The van der Waals surface area contributed by atoms with Crippen LogP contribution in [0.3, 0.4) is 0 Å². The standard InChI is InChI=1S/C28H34N2O4S/c1-17(2)24-16-25(20(5)14-26(24)34-7)21(6)29-28(31)22-12-11-19(4)27(15-22)35(32,33)30-23-10-8-9-18(3)13-23/h8-17,21,30H,1-7H3,(H,29,31)/t21-/m0/s1. The molecule has 0 saturated carbocycles. The van der Waals surface area contributed by atoms with E-state index in [1.54, 1.807) is 44.4 Å². The SMILES string of the molecule is COc1cc(C)c([C@H](C)NC(=O)c2ccc(C)c(S(=O)(=O)Nc3cccc(C)c3)c2)cc1C(C)C. The van der Waals surface area contributed by atoms with E-state index in [0.717, 1.165) is 28.0 Å². The number of nitrogens with one attached hydrogen (secondary N) is 2. The number of carbonyl (C=O) groups excluding carboxylic acids is 1. The van der Waals surface area contributed by atoms with E-state index in [-0.39, 0.29) is 28.3 Å². The highest BCUT2D eigenvalue weighted by molar-refractivity contribution is 7.92. The Balaban J connectivity index is 1.87. The van der Waals surface area contributed by atoms with Crippen molar-refractivity contribution < 1.29 is 17.9 Å². The number of hydrogen-bond donors (Lipinski definition) is 2. The molecule has 3 aromatic rings. The van der Waals surface area contributed by atoms with E-state index >= 15 is 0 Å². The maximum atomic E-state index is 13.1. The first-order valence-corrected chi connectivity index (χ1v) is 13.1. The van der Waals surface area contributed by atoms with Gasteiger partial charge in [0.1, 0.15) is 5.75 Å². The van der Waals surface area contributed by atoms with Gasteiger partial charge in [0.25, 0.3) is 15.9 Å². The summed E-state index contributed by atoms with van der Waals surface area (Å²) in [5, 5.41) is 3.02. The van der Waals surface area contributed by atoms with E-state index < -0.39 is 10.0 Å². The Morgan fingerprint density at radius 2 is 1.60 bits per heavy atom. The van der Waals surface area contributed by atoms with Crippen LogP contribution in [0.2, 0.25) is 0 Å². The number of anilines is 1. The molecule has 3 rings (SSSR count). The van der Waals surface area contributed by atoms with E-state index in [2.05, 4.69) is 30.0 Å². The Labute approximate surface area is 208 Å². The summed E-state index contributed by atoms with van der Waals surface area (Å²) < 4.78 is 34.3. The fourth-order valence-corrected chi connectivity index (χ4v) is 5.44. The summed E-state index contributed by atoms with van der Waals surface area (Å²) in [5.74, 6) is 0.748. The topological polar surface area (TPSA) is 84.5 Å². The van der Waals surface area contributed by atoms with Gasteiger partial charge in [0.15, 0.2) is 0 Å². The summed E-state index contributed by atoms with van der Waals surface area (Å²) >= 11 is 0. The number of amides is 1. The minimum Gasteiger partial charge on any atom is -0.496 e. The average molecular weight is 495 g/mol. The van der Waals surface area contributed by atoms with Crippen LogP contribution < -0.4 is 14.8 Å². The summed E-state index contributed by atoms with van der Waals surface area (Å²) in [6.07, 6.45) is 0. The van der Waals surface area contributed by atoms with Gasteiger partial charge in [0.2, 0.25) is 0 Å². The van der Waals surface area contributed by atoms with E-state index in [0.29, 0.717) is 11.3 Å². The summed E-state index contributed by atoms with van der Waals surface area (Å²) in [7, 11) is -2.22. The normalized spacial score (nSPS) is 12.3. The molecule has 0 unspecified atom stereocenters. The van der Waals surface area contributed by atoms with Crippen molar-refractivity contribution in [1.82, 2.24) is 5.32 Å². The fourth-order valence-electron chi connectivity index (χ4n) is 4.12. The van der Waals surface area contributed by atoms with Crippen LogP contribution in [0.15, 0.2) is 59.5 Å². The van der Waals surface area contributed by atoms with Crippen molar-refractivity contribution in [3.63, 3.8) is 0 Å². The quantitative estimate of drug-likeness (QED) is 0.400. The zero-order valence-corrected chi connectivity index (χ0v) is 22.2.